The highest BCUT2D eigenvalue weighted by molar-refractivity contribution is 7.86. The van der Waals surface area contributed by atoms with Gasteiger partial charge in [-0.3, -0.25) is 0 Å². The van der Waals surface area contributed by atoms with Crippen LogP contribution in [0.15, 0.2) is 0 Å². The molecule has 2 aliphatic heterocycles. The summed E-state index contributed by atoms with van der Waals surface area (Å²) in [4.78, 5) is 0. The third-order valence-electron chi connectivity index (χ3n) is 4.39. The van der Waals surface area contributed by atoms with Gasteiger partial charge in [-0.2, -0.15) is 17.0 Å². The molecular formula is C13H25ClN2O2S. The second-order valence-electron chi connectivity index (χ2n) is 5.81. The Bertz CT molecular complexity index is 372. The predicted octanol–water partition coefficient (Wildman–Crippen LogP) is 2.30. The van der Waals surface area contributed by atoms with E-state index in [-0.39, 0.29) is 0 Å². The van der Waals surface area contributed by atoms with E-state index in [4.69, 9.17) is 11.6 Å². The highest BCUT2D eigenvalue weighted by atomic mass is 35.5. The molecule has 1 unspecified atom stereocenters. The largest absolute Gasteiger partial charge is 0.281 e. The molecule has 0 saturated carbocycles. The van der Waals surface area contributed by atoms with Gasteiger partial charge in [-0.25, -0.2) is 0 Å². The SMILES string of the molecule is CCCC1CCN(S(=O)(=O)N2CCC(CCl)CC2)C1. The van der Waals surface area contributed by atoms with Crippen LogP contribution in [-0.4, -0.2) is 49.1 Å². The third kappa shape index (κ3) is 3.63. The maximum absolute atomic E-state index is 12.6. The molecule has 2 aliphatic rings. The molecule has 0 aliphatic carbocycles. The lowest BCUT2D eigenvalue weighted by Crippen LogP contribution is -2.46. The van der Waals surface area contributed by atoms with Gasteiger partial charge in [-0.15, -0.1) is 11.6 Å². The number of halogens is 1. The van der Waals surface area contributed by atoms with Gasteiger partial charge in [-0.05, 0) is 37.5 Å². The molecule has 6 heteroatoms. The van der Waals surface area contributed by atoms with Crippen LogP contribution in [0.25, 0.3) is 0 Å². The van der Waals surface area contributed by atoms with Crippen LogP contribution in [0.1, 0.15) is 39.0 Å². The summed E-state index contributed by atoms with van der Waals surface area (Å²) in [6.45, 7) is 4.84. The van der Waals surface area contributed by atoms with E-state index >= 15 is 0 Å². The van der Waals surface area contributed by atoms with Crippen molar-refractivity contribution in [3.05, 3.63) is 0 Å². The van der Waals surface area contributed by atoms with Crippen molar-refractivity contribution >= 4 is 21.8 Å². The highest BCUT2D eigenvalue weighted by Crippen LogP contribution is 2.27. The Labute approximate surface area is 122 Å². The summed E-state index contributed by atoms with van der Waals surface area (Å²) < 4.78 is 28.4. The number of rotatable bonds is 5. The van der Waals surface area contributed by atoms with E-state index in [9.17, 15) is 8.42 Å². The lowest BCUT2D eigenvalue weighted by Gasteiger charge is -2.33. The van der Waals surface area contributed by atoms with Gasteiger partial charge in [0.05, 0.1) is 0 Å². The fourth-order valence-corrected chi connectivity index (χ4v) is 5.15. The van der Waals surface area contributed by atoms with Crippen LogP contribution in [0.5, 0.6) is 0 Å². The van der Waals surface area contributed by atoms with Crippen LogP contribution in [-0.2, 0) is 10.2 Å². The number of alkyl halides is 1. The zero-order valence-electron chi connectivity index (χ0n) is 11.7. The van der Waals surface area contributed by atoms with Gasteiger partial charge in [-0.1, -0.05) is 13.3 Å². The lowest BCUT2D eigenvalue weighted by atomic mass is 10.0. The summed E-state index contributed by atoms with van der Waals surface area (Å²) in [5.74, 6) is 1.69. The van der Waals surface area contributed by atoms with Crippen molar-refractivity contribution in [2.75, 3.05) is 32.1 Å². The Morgan fingerprint density at radius 1 is 1.05 bits per heavy atom. The molecule has 2 saturated heterocycles. The molecule has 0 aromatic rings. The van der Waals surface area contributed by atoms with Crippen molar-refractivity contribution in [3.8, 4) is 0 Å². The second-order valence-corrected chi connectivity index (χ2v) is 8.04. The van der Waals surface area contributed by atoms with E-state index in [1.165, 1.54) is 0 Å². The summed E-state index contributed by atoms with van der Waals surface area (Å²) >= 11 is 5.84. The van der Waals surface area contributed by atoms with Crippen molar-refractivity contribution in [2.24, 2.45) is 11.8 Å². The Morgan fingerprint density at radius 2 is 1.63 bits per heavy atom. The quantitative estimate of drug-likeness (QED) is 0.731. The van der Waals surface area contributed by atoms with Crippen LogP contribution in [0.4, 0.5) is 0 Å². The Balaban J connectivity index is 1.92. The number of nitrogens with zero attached hydrogens (tertiary/aromatic N) is 2. The maximum atomic E-state index is 12.6. The molecule has 0 radical (unpaired) electrons. The van der Waals surface area contributed by atoms with Crippen LogP contribution < -0.4 is 0 Å². The molecule has 0 N–H and O–H groups in total. The monoisotopic (exact) mass is 308 g/mol. The van der Waals surface area contributed by atoms with Gasteiger partial charge in [0.1, 0.15) is 0 Å². The van der Waals surface area contributed by atoms with Gasteiger partial charge in [0.25, 0.3) is 10.2 Å². The molecule has 0 bridgehead atoms. The first-order valence-electron chi connectivity index (χ1n) is 7.39. The fraction of sp³-hybridized carbons (Fsp3) is 1.00. The van der Waals surface area contributed by atoms with Gasteiger partial charge >= 0.3 is 0 Å². The molecule has 19 heavy (non-hydrogen) atoms. The molecule has 0 spiro atoms. The van der Waals surface area contributed by atoms with E-state index in [2.05, 4.69) is 6.92 Å². The predicted molar refractivity (Wildman–Crippen MR) is 78.5 cm³/mol. The first kappa shape index (κ1) is 15.5. The average molecular weight is 309 g/mol. The Kier molecular flexibility index (Phi) is 5.52. The average Bonchev–Trinajstić information content (AvgIpc) is 2.89. The highest BCUT2D eigenvalue weighted by Gasteiger charge is 2.36. The number of piperidine rings is 1. The van der Waals surface area contributed by atoms with Crippen molar-refractivity contribution in [1.82, 2.24) is 8.61 Å². The number of hydrogen-bond donors (Lipinski definition) is 0. The second kappa shape index (κ2) is 6.74. The summed E-state index contributed by atoms with van der Waals surface area (Å²) in [7, 11) is -3.22. The van der Waals surface area contributed by atoms with Crippen LogP contribution in [0, 0.1) is 11.8 Å². The van der Waals surface area contributed by atoms with Crippen molar-refractivity contribution in [2.45, 2.75) is 39.0 Å². The van der Waals surface area contributed by atoms with Crippen LogP contribution in [0.2, 0.25) is 0 Å². The summed E-state index contributed by atoms with van der Waals surface area (Å²) in [6, 6.07) is 0. The van der Waals surface area contributed by atoms with Gasteiger partial charge < -0.3 is 0 Å². The fourth-order valence-electron chi connectivity index (χ4n) is 3.11. The van der Waals surface area contributed by atoms with E-state index < -0.39 is 10.2 Å². The maximum Gasteiger partial charge on any atom is 0.281 e. The molecular weight excluding hydrogens is 284 g/mol. The summed E-state index contributed by atoms with van der Waals surface area (Å²) in [6.07, 6.45) is 5.09. The van der Waals surface area contributed by atoms with E-state index in [1.54, 1.807) is 8.61 Å². The molecule has 0 aromatic carbocycles. The van der Waals surface area contributed by atoms with Gasteiger partial charge in [0.15, 0.2) is 0 Å². The van der Waals surface area contributed by atoms with Crippen molar-refractivity contribution in [3.63, 3.8) is 0 Å². The summed E-state index contributed by atoms with van der Waals surface area (Å²) in [5.41, 5.74) is 0. The molecule has 2 heterocycles. The zero-order valence-corrected chi connectivity index (χ0v) is 13.3. The Morgan fingerprint density at radius 3 is 2.21 bits per heavy atom. The smallest absolute Gasteiger partial charge is 0.195 e. The molecule has 0 amide bonds. The summed E-state index contributed by atoms with van der Waals surface area (Å²) in [5, 5.41) is 0. The zero-order chi connectivity index (χ0) is 13.9. The molecule has 2 rings (SSSR count). The molecule has 0 aromatic heterocycles. The molecule has 1 atom stereocenters. The topological polar surface area (TPSA) is 40.6 Å². The first-order valence-corrected chi connectivity index (χ1v) is 9.32. The van der Waals surface area contributed by atoms with Crippen molar-refractivity contribution in [1.29, 1.82) is 0 Å². The standard InChI is InChI=1S/C13H25ClN2O2S/c1-2-3-13-6-9-16(11-13)19(17,18)15-7-4-12(10-14)5-8-15/h12-13H,2-11H2,1H3. The normalized spacial score (nSPS) is 28.0. The number of hydrogen-bond acceptors (Lipinski definition) is 2. The van der Waals surface area contributed by atoms with Gasteiger partial charge in [0, 0.05) is 32.1 Å². The van der Waals surface area contributed by atoms with Crippen LogP contribution >= 0.6 is 11.6 Å². The van der Waals surface area contributed by atoms with E-state index in [0.29, 0.717) is 43.9 Å². The molecule has 112 valence electrons. The van der Waals surface area contributed by atoms with Crippen molar-refractivity contribution < 1.29 is 8.42 Å². The lowest BCUT2D eigenvalue weighted by molar-refractivity contribution is 0.271. The molecule has 2 fully saturated rings. The van der Waals surface area contributed by atoms with Gasteiger partial charge in [0.2, 0.25) is 0 Å². The molecule has 4 nitrogen and oxygen atoms in total. The third-order valence-corrected chi connectivity index (χ3v) is 6.83. The van der Waals surface area contributed by atoms with Crippen LogP contribution in [0.3, 0.4) is 0 Å². The minimum absolute atomic E-state index is 0.486. The van der Waals surface area contributed by atoms with E-state index in [1.807, 2.05) is 0 Å². The minimum Gasteiger partial charge on any atom is -0.195 e. The first-order chi connectivity index (χ1) is 9.07. The minimum atomic E-state index is -3.22. The van der Waals surface area contributed by atoms with E-state index in [0.717, 1.165) is 32.1 Å². The Hall–Kier alpha value is 0.160.